The van der Waals surface area contributed by atoms with Crippen LogP contribution in [0.4, 0.5) is 0 Å². The van der Waals surface area contributed by atoms with E-state index < -0.39 is 5.97 Å². The van der Waals surface area contributed by atoms with Crippen molar-refractivity contribution in [2.75, 3.05) is 14.2 Å². The molecule has 0 amide bonds. The first kappa shape index (κ1) is 24.6. The van der Waals surface area contributed by atoms with Crippen LogP contribution in [0, 0.1) is 0 Å². The Labute approximate surface area is 155 Å². The van der Waals surface area contributed by atoms with Crippen LogP contribution in [-0.2, 0) is 9.53 Å². The topological polar surface area (TPSA) is 64.7 Å². The molecule has 5 heteroatoms. The molecule has 0 aromatic heterocycles. The third-order valence-corrected chi connectivity index (χ3v) is 3.87. The molecular formula is C19H31BrN2O2. The van der Waals surface area contributed by atoms with Gasteiger partial charge in [-0.3, -0.25) is 4.99 Å². The molecule has 0 radical (unpaired) electrons. The molecule has 0 saturated heterocycles. The zero-order valence-electron chi connectivity index (χ0n) is 16.2. The van der Waals surface area contributed by atoms with Gasteiger partial charge in [0.2, 0.25) is 0 Å². The Morgan fingerprint density at radius 3 is 2.08 bits per heavy atom. The third kappa shape index (κ3) is 8.29. The summed E-state index contributed by atoms with van der Waals surface area (Å²) in [5.41, 5.74) is 8.99. The molecule has 0 fully saturated rings. The molecule has 2 N–H and O–H groups in total. The molecule has 24 heavy (non-hydrogen) atoms. The number of methoxy groups -OCH3 is 1. The average Bonchev–Trinajstić information content (AvgIpc) is 2.57. The zero-order chi connectivity index (χ0) is 19.3. The van der Waals surface area contributed by atoms with Crippen LogP contribution in [0.5, 0.6) is 0 Å². The van der Waals surface area contributed by atoms with Crippen molar-refractivity contribution in [1.82, 2.24) is 0 Å². The monoisotopic (exact) mass is 398 g/mol. The predicted molar refractivity (Wildman–Crippen MR) is 108 cm³/mol. The van der Waals surface area contributed by atoms with Crippen molar-refractivity contribution < 1.29 is 9.53 Å². The second-order valence-corrected chi connectivity index (χ2v) is 5.64. The summed E-state index contributed by atoms with van der Waals surface area (Å²) in [4.78, 5) is 16.1. The Morgan fingerprint density at radius 2 is 1.71 bits per heavy atom. The van der Waals surface area contributed by atoms with Gasteiger partial charge in [-0.25, -0.2) is 4.79 Å². The number of carbonyl (C=O) groups is 1. The number of hydrogen-bond donors (Lipinski definition) is 1. The van der Waals surface area contributed by atoms with Crippen LogP contribution in [0.15, 0.2) is 50.1 Å². The van der Waals surface area contributed by atoms with E-state index in [1.807, 2.05) is 39.8 Å². The second-order valence-electron chi connectivity index (χ2n) is 4.78. The van der Waals surface area contributed by atoms with Gasteiger partial charge in [-0.2, -0.15) is 0 Å². The molecular weight excluding hydrogens is 368 g/mol. The van der Waals surface area contributed by atoms with Crippen molar-refractivity contribution in [3.8, 4) is 0 Å². The number of nitrogens with two attached hydrogens (primary N) is 1. The number of esters is 1. The van der Waals surface area contributed by atoms with Crippen LogP contribution in [0.3, 0.4) is 0 Å². The number of carbonyl (C=O) groups excluding carboxylic acids is 1. The molecule has 0 rings (SSSR count). The molecule has 0 aliphatic rings. The largest absolute Gasteiger partial charge is 0.465 e. The zero-order valence-corrected chi connectivity index (χ0v) is 17.7. The number of nitrogens with zero attached hydrogens (tertiary/aromatic N) is 1. The highest BCUT2D eigenvalue weighted by Crippen LogP contribution is 2.19. The minimum atomic E-state index is -0.488. The van der Waals surface area contributed by atoms with E-state index in [0.717, 1.165) is 22.0 Å². The van der Waals surface area contributed by atoms with Gasteiger partial charge in [-0.15, -0.1) is 0 Å². The van der Waals surface area contributed by atoms with Crippen LogP contribution in [-0.4, -0.2) is 25.8 Å². The van der Waals surface area contributed by atoms with Crippen molar-refractivity contribution in [3.05, 3.63) is 45.1 Å². The minimum absolute atomic E-state index is 0.295. The van der Waals surface area contributed by atoms with Gasteiger partial charge in [0.1, 0.15) is 5.57 Å². The number of hydrogen-bond acceptors (Lipinski definition) is 4. The molecule has 0 aliphatic carbocycles. The standard InChI is InChI=1S/C17H25BrN2O2.C2H6/c1-7-8-11(2)14(18)10-9-12(3)16(20-5)15(13(4)19)17(21)22-6;1-2/h8-10H,7,19H2,1-6H3;1-2H3/b11-8+,12-9+,14-10+,15-13+,20-16?;. The maximum atomic E-state index is 11.9. The molecule has 4 nitrogen and oxygen atoms in total. The summed E-state index contributed by atoms with van der Waals surface area (Å²) >= 11 is 3.53. The summed E-state index contributed by atoms with van der Waals surface area (Å²) in [6.07, 6.45) is 6.93. The highest BCUT2D eigenvalue weighted by Gasteiger charge is 2.19. The van der Waals surface area contributed by atoms with E-state index in [0.29, 0.717) is 17.0 Å². The summed E-state index contributed by atoms with van der Waals surface area (Å²) in [6, 6.07) is 0. The van der Waals surface area contributed by atoms with E-state index in [9.17, 15) is 4.79 Å². The molecule has 0 saturated carbocycles. The number of ether oxygens (including phenoxy) is 1. The predicted octanol–water partition coefficient (Wildman–Crippen LogP) is 5.07. The third-order valence-electron chi connectivity index (χ3n) is 2.98. The smallest absolute Gasteiger partial charge is 0.341 e. The van der Waals surface area contributed by atoms with Crippen molar-refractivity contribution in [3.63, 3.8) is 0 Å². The maximum absolute atomic E-state index is 11.9. The lowest BCUT2D eigenvalue weighted by Crippen LogP contribution is -2.20. The van der Waals surface area contributed by atoms with Crippen molar-refractivity contribution in [2.45, 2.75) is 48.0 Å². The van der Waals surface area contributed by atoms with Gasteiger partial charge in [-0.1, -0.05) is 48.9 Å². The van der Waals surface area contributed by atoms with E-state index in [-0.39, 0.29) is 0 Å². The van der Waals surface area contributed by atoms with Crippen molar-refractivity contribution in [2.24, 2.45) is 10.7 Å². The van der Waals surface area contributed by atoms with Gasteiger partial charge in [0.25, 0.3) is 0 Å². The molecule has 0 aliphatic heterocycles. The van der Waals surface area contributed by atoms with Crippen LogP contribution in [0.2, 0.25) is 0 Å². The number of aliphatic imine (C=N–C) groups is 1. The van der Waals surface area contributed by atoms with E-state index in [4.69, 9.17) is 10.5 Å². The number of allylic oxidation sites excluding steroid dienone is 7. The van der Waals surface area contributed by atoms with E-state index in [1.165, 1.54) is 7.11 Å². The molecule has 0 heterocycles. The Hall–Kier alpha value is -1.62. The SMILES string of the molecule is CC.CC/C=C(C)/C(Br)=C\C=C(/C)C(=NC)/C(C(=O)OC)=C(/C)N. The Balaban J connectivity index is 0. The quantitative estimate of drug-likeness (QED) is 0.294. The van der Waals surface area contributed by atoms with Crippen molar-refractivity contribution in [1.29, 1.82) is 0 Å². The molecule has 0 aromatic carbocycles. The maximum Gasteiger partial charge on any atom is 0.341 e. The van der Waals surface area contributed by atoms with Gasteiger partial charge in [-0.05, 0) is 44.4 Å². The lowest BCUT2D eigenvalue weighted by molar-refractivity contribution is -0.135. The summed E-state index contributed by atoms with van der Waals surface area (Å²) < 4.78 is 5.77. The fraction of sp³-hybridized carbons (Fsp3) is 0.474. The van der Waals surface area contributed by atoms with E-state index in [2.05, 4.69) is 33.9 Å². The van der Waals surface area contributed by atoms with Crippen LogP contribution in [0.25, 0.3) is 0 Å². The average molecular weight is 399 g/mol. The van der Waals surface area contributed by atoms with Crippen LogP contribution >= 0.6 is 15.9 Å². The number of rotatable bonds is 6. The Kier molecular flexibility index (Phi) is 14.1. The van der Waals surface area contributed by atoms with Crippen molar-refractivity contribution >= 4 is 27.6 Å². The summed E-state index contributed by atoms with van der Waals surface area (Å²) in [5.74, 6) is -0.488. The Morgan fingerprint density at radius 1 is 1.17 bits per heavy atom. The van der Waals surface area contributed by atoms with Crippen LogP contribution in [0.1, 0.15) is 48.0 Å². The van der Waals surface area contributed by atoms with Gasteiger partial charge in [0.15, 0.2) is 0 Å². The lowest BCUT2D eigenvalue weighted by atomic mass is 10.0. The fourth-order valence-corrected chi connectivity index (χ4v) is 2.14. The molecule has 136 valence electrons. The fourth-order valence-electron chi connectivity index (χ4n) is 1.84. The lowest BCUT2D eigenvalue weighted by Gasteiger charge is -2.11. The molecule has 0 atom stereocenters. The normalized spacial score (nSPS) is 14.5. The summed E-state index contributed by atoms with van der Waals surface area (Å²) in [7, 11) is 2.95. The van der Waals surface area contributed by atoms with Gasteiger partial charge >= 0.3 is 5.97 Å². The van der Waals surface area contributed by atoms with Gasteiger partial charge < -0.3 is 10.5 Å². The second kappa shape index (κ2) is 13.8. The first-order valence-corrected chi connectivity index (χ1v) is 8.82. The highest BCUT2D eigenvalue weighted by atomic mass is 79.9. The molecule has 0 spiro atoms. The summed E-state index contributed by atoms with van der Waals surface area (Å²) in [6.45, 7) is 11.7. The highest BCUT2D eigenvalue weighted by molar-refractivity contribution is 9.12. The molecule has 0 bridgehead atoms. The first-order chi connectivity index (χ1) is 11.3. The van der Waals surface area contributed by atoms with Gasteiger partial charge in [0, 0.05) is 17.2 Å². The Bertz CT molecular complexity index is 564. The molecule has 0 aromatic rings. The van der Waals surface area contributed by atoms with Crippen LogP contribution < -0.4 is 5.73 Å². The van der Waals surface area contributed by atoms with E-state index in [1.54, 1.807) is 14.0 Å². The number of halogens is 1. The van der Waals surface area contributed by atoms with E-state index >= 15 is 0 Å². The molecule has 0 unspecified atom stereocenters. The summed E-state index contributed by atoms with van der Waals surface area (Å²) in [5, 5.41) is 0. The minimum Gasteiger partial charge on any atom is -0.465 e. The van der Waals surface area contributed by atoms with Gasteiger partial charge in [0.05, 0.1) is 12.8 Å². The first-order valence-electron chi connectivity index (χ1n) is 8.03.